The van der Waals surface area contributed by atoms with Crippen LogP contribution < -0.4 is 10.6 Å². The predicted octanol–water partition coefficient (Wildman–Crippen LogP) is 3.32. The molecule has 0 radical (unpaired) electrons. The molecule has 0 bridgehead atoms. The second kappa shape index (κ2) is 9.82. The quantitative estimate of drug-likeness (QED) is 0.518. The van der Waals surface area contributed by atoms with Crippen LogP contribution in [-0.4, -0.2) is 41.8 Å². The maximum atomic E-state index is 12.2. The highest BCUT2D eigenvalue weighted by atomic mass is 35.5. The third-order valence-corrected chi connectivity index (χ3v) is 4.25. The van der Waals surface area contributed by atoms with Crippen LogP contribution in [0, 0.1) is 10.1 Å². The lowest BCUT2D eigenvalue weighted by molar-refractivity contribution is -0.384. The van der Waals surface area contributed by atoms with Crippen LogP contribution >= 0.6 is 11.6 Å². The molecule has 2 rings (SSSR count). The zero-order valence-corrected chi connectivity index (χ0v) is 16.3. The number of aryl methyl sites for hydroxylation is 1. The van der Waals surface area contributed by atoms with Crippen LogP contribution in [-0.2, 0) is 16.0 Å². The number of hydrogen-bond donors (Lipinski definition) is 2. The number of nitrogens with one attached hydrogen (secondary N) is 2. The Morgan fingerprint density at radius 2 is 1.68 bits per heavy atom. The van der Waals surface area contributed by atoms with Crippen molar-refractivity contribution >= 4 is 40.5 Å². The van der Waals surface area contributed by atoms with Gasteiger partial charge in [0.1, 0.15) is 0 Å². The zero-order chi connectivity index (χ0) is 20.7. The molecular weight excluding hydrogens is 384 g/mol. The number of likely N-dealkylation sites (N-methyl/N-ethyl adjacent to an activating group) is 1. The summed E-state index contributed by atoms with van der Waals surface area (Å²) in [6, 6.07) is 11.3. The molecule has 8 nitrogen and oxygen atoms in total. The van der Waals surface area contributed by atoms with E-state index in [0.717, 1.165) is 17.7 Å². The number of nitro groups is 1. The summed E-state index contributed by atoms with van der Waals surface area (Å²) in [5.74, 6) is -0.621. The zero-order valence-electron chi connectivity index (χ0n) is 15.6. The highest BCUT2D eigenvalue weighted by molar-refractivity contribution is 6.34. The van der Waals surface area contributed by atoms with E-state index in [1.165, 1.54) is 18.2 Å². The largest absolute Gasteiger partial charge is 0.325 e. The number of hydrogen-bond acceptors (Lipinski definition) is 5. The number of para-hydroxylation sites is 1. The van der Waals surface area contributed by atoms with E-state index in [1.807, 2.05) is 31.2 Å². The van der Waals surface area contributed by atoms with Gasteiger partial charge in [-0.05, 0) is 31.2 Å². The minimum absolute atomic E-state index is 0.0272. The van der Waals surface area contributed by atoms with Gasteiger partial charge in [-0.25, -0.2) is 0 Å². The molecule has 0 atom stereocenters. The number of non-ortho nitro benzene ring substituents is 1. The summed E-state index contributed by atoms with van der Waals surface area (Å²) in [4.78, 5) is 36.1. The first-order chi connectivity index (χ1) is 13.3. The van der Waals surface area contributed by atoms with Crippen molar-refractivity contribution in [3.05, 3.63) is 63.2 Å². The molecule has 0 aliphatic carbocycles. The summed E-state index contributed by atoms with van der Waals surface area (Å²) in [5.41, 5.74) is 1.89. The standard InChI is InChI=1S/C19H21ClN4O4/c1-3-13-6-4-5-7-16(13)21-18(25)11-23(2)12-19(26)22-17-9-8-14(24(27)28)10-15(17)20/h4-10H,3,11-12H2,1-2H3,(H,21,25)(H,22,26). The molecule has 28 heavy (non-hydrogen) atoms. The molecule has 2 aromatic carbocycles. The van der Waals surface area contributed by atoms with Gasteiger partial charge in [-0.3, -0.25) is 24.6 Å². The molecule has 0 fully saturated rings. The first kappa shape index (κ1) is 21.3. The lowest BCUT2D eigenvalue weighted by Gasteiger charge is -2.17. The molecule has 0 unspecified atom stereocenters. The van der Waals surface area contributed by atoms with Gasteiger partial charge in [-0.1, -0.05) is 36.7 Å². The topological polar surface area (TPSA) is 105 Å². The number of nitrogens with zero attached hydrogens (tertiary/aromatic N) is 2. The van der Waals surface area contributed by atoms with Crippen LogP contribution in [0.5, 0.6) is 0 Å². The Labute approximate surface area is 167 Å². The highest BCUT2D eigenvalue weighted by Gasteiger charge is 2.15. The van der Waals surface area contributed by atoms with Gasteiger partial charge < -0.3 is 10.6 Å². The van der Waals surface area contributed by atoms with Gasteiger partial charge in [0, 0.05) is 17.8 Å². The maximum absolute atomic E-state index is 12.2. The minimum Gasteiger partial charge on any atom is -0.325 e. The monoisotopic (exact) mass is 404 g/mol. The highest BCUT2D eigenvalue weighted by Crippen LogP contribution is 2.26. The minimum atomic E-state index is -0.569. The van der Waals surface area contributed by atoms with Crippen molar-refractivity contribution < 1.29 is 14.5 Å². The molecule has 2 amide bonds. The molecule has 0 saturated carbocycles. The molecule has 0 saturated heterocycles. The lowest BCUT2D eigenvalue weighted by Crippen LogP contribution is -2.36. The SMILES string of the molecule is CCc1ccccc1NC(=O)CN(C)CC(=O)Nc1ccc([N+](=O)[O-])cc1Cl. The van der Waals surface area contributed by atoms with Crippen LogP contribution in [0.25, 0.3) is 0 Å². The van der Waals surface area contributed by atoms with Gasteiger partial charge in [0.25, 0.3) is 5.69 Å². The average molecular weight is 405 g/mol. The number of halogens is 1. The van der Waals surface area contributed by atoms with Crippen LogP contribution in [0.3, 0.4) is 0 Å². The Hall–Kier alpha value is -2.97. The fraction of sp³-hybridized carbons (Fsp3) is 0.263. The van der Waals surface area contributed by atoms with E-state index >= 15 is 0 Å². The van der Waals surface area contributed by atoms with Crippen molar-refractivity contribution in [2.45, 2.75) is 13.3 Å². The van der Waals surface area contributed by atoms with Crippen molar-refractivity contribution in [2.24, 2.45) is 0 Å². The molecule has 0 heterocycles. The fourth-order valence-electron chi connectivity index (χ4n) is 2.60. The smallest absolute Gasteiger partial charge is 0.271 e. The number of anilines is 2. The van der Waals surface area contributed by atoms with Crippen LogP contribution in [0.15, 0.2) is 42.5 Å². The summed E-state index contributed by atoms with van der Waals surface area (Å²) in [6.07, 6.45) is 0.796. The van der Waals surface area contributed by atoms with Crippen LogP contribution in [0.2, 0.25) is 5.02 Å². The van der Waals surface area contributed by atoms with E-state index in [1.54, 1.807) is 11.9 Å². The third-order valence-electron chi connectivity index (χ3n) is 3.94. The molecular formula is C19H21ClN4O4. The van der Waals surface area contributed by atoms with Crippen molar-refractivity contribution in [3.63, 3.8) is 0 Å². The van der Waals surface area contributed by atoms with E-state index in [4.69, 9.17) is 11.6 Å². The number of amides is 2. The first-order valence-electron chi connectivity index (χ1n) is 8.60. The van der Waals surface area contributed by atoms with Crippen molar-refractivity contribution in [3.8, 4) is 0 Å². The van der Waals surface area contributed by atoms with E-state index < -0.39 is 4.92 Å². The lowest BCUT2D eigenvalue weighted by atomic mass is 10.1. The number of carbonyl (C=O) groups excluding carboxylic acids is 2. The van der Waals surface area contributed by atoms with Crippen LogP contribution in [0.4, 0.5) is 17.1 Å². The van der Waals surface area contributed by atoms with Crippen molar-refractivity contribution in [1.29, 1.82) is 0 Å². The van der Waals surface area contributed by atoms with Crippen LogP contribution in [0.1, 0.15) is 12.5 Å². The second-order valence-corrected chi connectivity index (χ2v) is 6.61. The summed E-state index contributed by atoms with van der Waals surface area (Å²) in [5, 5.41) is 16.2. The van der Waals surface area contributed by atoms with E-state index in [0.29, 0.717) is 0 Å². The van der Waals surface area contributed by atoms with Crippen molar-refractivity contribution in [1.82, 2.24) is 4.90 Å². The van der Waals surface area contributed by atoms with E-state index in [9.17, 15) is 19.7 Å². The predicted molar refractivity (Wildman–Crippen MR) is 109 cm³/mol. The molecule has 0 aliphatic rings. The molecule has 2 N–H and O–H groups in total. The van der Waals surface area contributed by atoms with Crippen molar-refractivity contribution in [2.75, 3.05) is 30.8 Å². The fourth-order valence-corrected chi connectivity index (χ4v) is 2.82. The normalized spacial score (nSPS) is 10.6. The van der Waals surface area contributed by atoms with E-state index in [-0.39, 0.29) is 41.3 Å². The Kier molecular flexibility index (Phi) is 7.48. The van der Waals surface area contributed by atoms with Gasteiger partial charge >= 0.3 is 0 Å². The second-order valence-electron chi connectivity index (χ2n) is 6.20. The summed E-state index contributed by atoms with van der Waals surface area (Å²) >= 11 is 5.96. The Morgan fingerprint density at radius 1 is 1.07 bits per heavy atom. The number of nitro benzene ring substituents is 1. The number of benzene rings is 2. The molecule has 0 aromatic heterocycles. The number of rotatable bonds is 8. The van der Waals surface area contributed by atoms with Gasteiger partial charge in [0.2, 0.25) is 11.8 Å². The number of carbonyl (C=O) groups is 2. The van der Waals surface area contributed by atoms with Gasteiger partial charge in [-0.15, -0.1) is 0 Å². The Balaban J connectivity index is 1.88. The summed E-state index contributed by atoms with van der Waals surface area (Å²) < 4.78 is 0. The summed E-state index contributed by atoms with van der Waals surface area (Å²) in [7, 11) is 1.64. The first-order valence-corrected chi connectivity index (χ1v) is 8.98. The molecule has 0 aliphatic heterocycles. The van der Waals surface area contributed by atoms with E-state index in [2.05, 4.69) is 10.6 Å². The molecule has 2 aromatic rings. The molecule has 0 spiro atoms. The Bertz CT molecular complexity index is 888. The van der Waals surface area contributed by atoms with Gasteiger partial charge in [-0.2, -0.15) is 0 Å². The summed E-state index contributed by atoms with van der Waals surface area (Å²) in [6.45, 7) is 1.99. The van der Waals surface area contributed by atoms with Gasteiger partial charge in [0.15, 0.2) is 0 Å². The molecule has 148 valence electrons. The van der Waals surface area contributed by atoms with Gasteiger partial charge in [0.05, 0.1) is 28.7 Å². The molecule has 9 heteroatoms. The third kappa shape index (κ3) is 6.04. The average Bonchev–Trinajstić information content (AvgIpc) is 2.63. The maximum Gasteiger partial charge on any atom is 0.271 e. The Morgan fingerprint density at radius 3 is 2.25 bits per heavy atom.